The Morgan fingerprint density at radius 1 is 1.15 bits per heavy atom. The largest absolute Gasteiger partial charge is 0.360 e. The minimum absolute atomic E-state index is 0.352. The Labute approximate surface area is 196 Å². The number of nitrogens with zero attached hydrogens (tertiary/aromatic N) is 3. The molecule has 3 amide bonds. The standard InChI is InChI=1S/C25H27FN4O4/c1-5-6-11-25(18-7-9-19(26)10-8-18)23(32)29(24(33)27-25)14-21(31)20-12-15(2)30(17(20)4)22-13-16(3)34-28-22/h7-10,12-13H,5-6,11,14H2,1-4H3,(H,27,33). The highest BCUT2D eigenvalue weighted by Crippen LogP contribution is 2.34. The molecule has 8 nitrogen and oxygen atoms in total. The van der Waals surface area contributed by atoms with Gasteiger partial charge in [-0.05, 0) is 51.0 Å². The molecule has 4 rings (SSSR count). The number of urea groups is 1. The number of rotatable bonds is 8. The van der Waals surface area contributed by atoms with E-state index in [4.69, 9.17) is 4.52 Å². The summed E-state index contributed by atoms with van der Waals surface area (Å²) in [5, 5.41) is 6.81. The number of benzene rings is 1. The summed E-state index contributed by atoms with van der Waals surface area (Å²) in [6.45, 7) is 6.97. The zero-order chi connectivity index (χ0) is 24.6. The maximum absolute atomic E-state index is 13.5. The molecule has 1 aliphatic heterocycles. The van der Waals surface area contributed by atoms with Gasteiger partial charge in [0, 0.05) is 23.0 Å². The first-order valence-corrected chi connectivity index (χ1v) is 11.2. The van der Waals surface area contributed by atoms with Crippen molar-refractivity contribution in [1.82, 2.24) is 19.9 Å². The lowest BCUT2D eigenvalue weighted by molar-refractivity contribution is -0.131. The molecule has 0 spiro atoms. The van der Waals surface area contributed by atoms with Gasteiger partial charge in [-0.25, -0.2) is 9.18 Å². The van der Waals surface area contributed by atoms with E-state index in [9.17, 15) is 18.8 Å². The number of imide groups is 1. The maximum Gasteiger partial charge on any atom is 0.325 e. The molecule has 34 heavy (non-hydrogen) atoms. The van der Waals surface area contributed by atoms with Crippen LogP contribution in [-0.4, -0.2) is 38.9 Å². The van der Waals surface area contributed by atoms with Gasteiger partial charge in [-0.15, -0.1) is 0 Å². The molecule has 1 N–H and O–H groups in total. The van der Waals surface area contributed by atoms with E-state index in [0.717, 1.165) is 17.0 Å². The number of hydrogen-bond acceptors (Lipinski definition) is 5. The Balaban J connectivity index is 1.63. The average molecular weight is 467 g/mol. The molecule has 1 atom stereocenters. The van der Waals surface area contributed by atoms with Crippen molar-refractivity contribution >= 4 is 17.7 Å². The molecule has 0 saturated carbocycles. The van der Waals surface area contributed by atoms with Crippen LogP contribution in [0.2, 0.25) is 0 Å². The third-order valence-electron chi connectivity index (χ3n) is 6.30. The van der Waals surface area contributed by atoms with E-state index in [2.05, 4.69) is 10.5 Å². The van der Waals surface area contributed by atoms with Crippen LogP contribution in [0.4, 0.5) is 9.18 Å². The van der Waals surface area contributed by atoms with Crippen LogP contribution in [0, 0.1) is 26.6 Å². The van der Waals surface area contributed by atoms with Crippen LogP contribution in [0.3, 0.4) is 0 Å². The number of carbonyl (C=O) groups is 3. The molecular weight excluding hydrogens is 439 g/mol. The quantitative estimate of drug-likeness (QED) is 0.393. The monoisotopic (exact) mass is 466 g/mol. The van der Waals surface area contributed by atoms with Crippen molar-refractivity contribution in [3.8, 4) is 5.82 Å². The first-order chi connectivity index (χ1) is 16.2. The van der Waals surface area contributed by atoms with E-state index in [1.807, 2.05) is 13.8 Å². The zero-order valence-corrected chi connectivity index (χ0v) is 19.6. The Morgan fingerprint density at radius 3 is 2.47 bits per heavy atom. The van der Waals surface area contributed by atoms with Gasteiger partial charge in [0.1, 0.15) is 17.1 Å². The Kier molecular flexibility index (Phi) is 6.12. The molecular formula is C25H27FN4O4. The van der Waals surface area contributed by atoms with Gasteiger partial charge in [0.2, 0.25) is 0 Å². The van der Waals surface area contributed by atoms with E-state index in [-0.39, 0.29) is 5.78 Å². The molecule has 1 aromatic carbocycles. The van der Waals surface area contributed by atoms with E-state index >= 15 is 0 Å². The number of amides is 3. The summed E-state index contributed by atoms with van der Waals surface area (Å²) in [5.74, 6) is -0.119. The van der Waals surface area contributed by atoms with Crippen LogP contribution >= 0.6 is 0 Å². The van der Waals surface area contributed by atoms with Crippen LogP contribution in [-0.2, 0) is 10.3 Å². The van der Waals surface area contributed by atoms with Crippen molar-refractivity contribution < 1.29 is 23.3 Å². The molecule has 3 aromatic rings. The van der Waals surface area contributed by atoms with Crippen molar-refractivity contribution in [2.45, 2.75) is 52.5 Å². The maximum atomic E-state index is 13.5. The van der Waals surface area contributed by atoms with Crippen LogP contribution < -0.4 is 5.32 Å². The fourth-order valence-electron chi connectivity index (χ4n) is 4.54. The van der Waals surface area contributed by atoms with E-state index < -0.39 is 29.8 Å². The lowest BCUT2D eigenvalue weighted by atomic mass is 9.84. The highest BCUT2D eigenvalue weighted by molar-refractivity contribution is 6.11. The van der Waals surface area contributed by atoms with Gasteiger partial charge < -0.3 is 9.84 Å². The van der Waals surface area contributed by atoms with Gasteiger partial charge in [0.25, 0.3) is 5.91 Å². The number of carbonyl (C=O) groups excluding carboxylic acids is 3. The minimum Gasteiger partial charge on any atom is -0.360 e. The van der Waals surface area contributed by atoms with Crippen molar-refractivity contribution in [1.29, 1.82) is 0 Å². The Bertz CT molecular complexity index is 1260. The van der Waals surface area contributed by atoms with Gasteiger partial charge in [0.15, 0.2) is 11.6 Å². The number of unbranched alkanes of at least 4 members (excludes halogenated alkanes) is 1. The predicted molar refractivity (Wildman–Crippen MR) is 122 cm³/mol. The first-order valence-electron chi connectivity index (χ1n) is 11.2. The van der Waals surface area contributed by atoms with Crippen LogP contribution in [0.15, 0.2) is 40.9 Å². The van der Waals surface area contributed by atoms with Gasteiger partial charge in [-0.2, -0.15) is 0 Å². The normalized spacial score (nSPS) is 18.0. The fourth-order valence-corrected chi connectivity index (χ4v) is 4.54. The number of halogens is 1. The summed E-state index contributed by atoms with van der Waals surface area (Å²) in [4.78, 5) is 40.6. The number of nitrogens with one attached hydrogen (secondary N) is 1. The SMILES string of the molecule is CCCCC1(c2ccc(F)cc2)NC(=O)N(CC(=O)c2cc(C)n(-c3cc(C)on3)c2C)C1=O. The number of ketones is 1. The molecule has 0 bridgehead atoms. The second-order valence-corrected chi connectivity index (χ2v) is 8.68. The highest BCUT2D eigenvalue weighted by atomic mass is 19.1. The molecule has 1 fully saturated rings. The number of hydrogen-bond donors (Lipinski definition) is 1. The van der Waals surface area contributed by atoms with Gasteiger partial charge in [-0.1, -0.05) is 37.1 Å². The van der Waals surface area contributed by atoms with Crippen molar-refractivity contribution in [3.05, 3.63) is 70.5 Å². The second-order valence-electron chi connectivity index (χ2n) is 8.68. The molecule has 2 aromatic heterocycles. The summed E-state index contributed by atoms with van der Waals surface area (Å²) in [5.41, 5.74) is 0.978. The average Bonchev–Trinajstić information content (AvgIpc) is 3.43. The summed E-state index contributed by atoms with van der Waals surface area (Å²) in [7, 11) is 0. The highest BCUT2D eigenvalue weighted by Gasteiger charge is 2.52. The molecule has 178 valence electrons. The topological polar surface area (TPSA) is 97.4 Å². The van der Waals surface area contributed by atoms with E-state index in [1.165, 1.54) is 24.3 Å². The Morgan fingerprint density at radius 2 is 1.85 bits per heavy atom. The van der Waals surface area contributed by atoms with Crippen LogP contribution in [0.1, 0.15) is 59.3 Å². The van der Waals surface area contributed by atoms with Crippen molar-refractivity contribution in [2.75, 3.05) is 6.54 Å². The molecule has 1 aliphatic rings. The van der Waals surface area contributed by atoms with Crippen LogP contribution in [0.25, 0.3) is 5.82 Å². The summed E-state index contributed by atoms with van der Waals surface area (Å²) >= 11 is 0. The van der Waals surface area contributed by atoms with E-state index in [0.29, 0.717) is 41.2 Å². The molecule has 1 unspecified atom stereocenters. The van der Waals surface area contributed by atoms with Crippen LogP contribution in [0.5, 0.6) is 0 Å². The van der Waals surface area contributed by atoms with E-state index in [1.54, 1.807) is 30.5 Å². The second kappa shape index (κ2) is 8.89. The fraction of sp³-hybridized carbons (Fsp3) is 0.360. The van der Waals surface area contributed by atoms with Gasteiger partial charge in [0.05, 0.1) is 6.54 Å². The minimum atomic E-state index is -1.32. The third-order valence-corrected chi connectivity index (χ3v) is 6.30. The molecule has 1 saturated heterocycles. The molecule has 0 radical (unpaired) electrons. The smallest absolute Gasteiger partial charge is 0.325 e. The summed E-state index contributed by atoms with van der Waals surface area (Å²) in [6, 6.07) is 8.36. The molecule has 9 heteroatoms. The van der Waals surface area contributed by atoms with Gasteiger partial charge in [-0.3, -0.25) is 19.1 Å². The number of aryl methyl sites for hydroxylation is 2. The lowest BCUT2D eigenvalue weighted by Crippen LogP contribution is -2.44. The molecule has 0 aliphatic carbocycles. The Hall–Kier alpha value is -3.75. The van der Waals surface area contributed by atoms with Crippen molar-refractivity contribution in [3.63, 3.8) is 0 Å². The predicted octanol–water partition coefficient (Wildman–Crippen LogP) is 4.35. The zero-order valence-electron chi connectivity index (χ0n) is 19.6. The summed E-state index contributed by atoms with van der Waals surface area (Å²) in [6.07, 6.45) is 1.83. The van der Waals surface area contributed by atoms with Crippen molar-refractivity contribution in [2.24, 2.45) is 0 Å². The van der Waals surface area contributed by atoms with Gasteiger partial charge >= 0.3 is 6.03 Å². The summed E-state index contributed by atoms with van der Waals surface area (Å²) < 4.78 is 20.5. The first kappa shape index (κ1) is 23.4. The third kappa shape index (κ3) is 3.91. The molecule has 3 heterocycles. The number of aromatic nitrogens is 2. The lowest BCUT2D eigenvalue weighted by Gasteiger charge is -2.27. The number of Topliss-reactive ketones (excluding diaryl/α,β-unsaturated/α-hetero) is 1.